The summed E-state index contributed by atoms with van der Waals surface area (Å²) in [4.78, 5) is 14.9. The number of quaternary nitrogens is 1. The SMILES string of the molecule is COc1cccc([C@@H](c2c(NC(C)=O)sc3c2CCCC3)[NH+]2CCOCC2)c1. The molecule has 5 nitrogen and oxygen atoms in total. The quantitative estimate of drug-likeness (QED) is 0.810. The highest BCUT2D eigenvalue weighted by atomic mass is 32.1. The normalized spacial score (nSPS) is 18.4. The van der Waals surface area contributed by atoms with Crippen LogP contribution in [0.5, 0.6) is 5.75 Å². The third kappa shape index (κ3) is 3.95. The topological polar surface area (TPSA) is 52.0 Å². The monoisotopic (exact) mass is 401 g/mol. The molecule has 1 amide bonds. The van der Waals surface area contributed by atoms with Crippen molar-refractivity contribution in [2.45, 2.75) is 38.6 Å². The van der Waals surface area contributed by atoms with Crippen LogP contribution in [0, 0.1) is 0 Å². The van der Waals surface area contributed by atoms with Gasteiger partial charge >= 0.3 is 0 Å². The Hall–Kier alpha value is -1.89. The number of morpholine rings is 1. The van der Waals surface area contributed by atoms with Gasteiger partial charge in [-0.1, -0.05) is 12.1 Å². The first-order valence-corrected chi connectivity index (χ1v) is 11.0. The third-order valence-corrected chi connectivity index (χ3v) is 6.98. The maximum atomic E-state index is 12.0. The number of methoxy groups -OCH3 is 1. The lowest BCUT2D eigenvalue weighted by molar-refractivity contribution is -0.933. The van der Waals surface area contributed by atoms with Gasteiger partial charge in [0.1, 0.15) is 29.9 Å². The zero-order valence-corrected chi connectivity index (χ0v) is 17.5. The molecule has 2 N–H and O–H groups in total. The minimum atomic E-state index is 0.00113. The third-order valence-electron chi connectivity index (χ3n) is 5.76. The lowest BCUT2D eigenvalue weighted by atomic mass is 9.88. The number of aryl methyl sites for hydroxylation is 1. The molecular weight excluding hydrogens is 372 g/mol. The van der Waals surface area contributed by atoms with Gasteiger partial charge in [0.15, 0.2) is 0 Å². The Morgan fingerprint density at radius 3 is 2.79 bits per heavy atom. The fourth-order valence-electron chi connectivity index (χ4n) is 4.50. The van der Waals surface area contributed by atoms with Crippen molar-refractivity contribution in [2.24, 2.45) is 0 Å². The van der Waals surface area contributed by atoms with Gasteiger partial charge < -0.3 is 19.7 Å². The molecule has 1 atom stereocenters. The smallest absolute Gasteiger partial charge is 0.221 e. The van der Waals surface area contributed by atoms with Crippen LogP contribution in [-0.4, -0.2) is 39.3 Å². The molecule has 1 aliphatic heterocycles. The molecule has 0 unspecified atom stereocenters. The maximum Gasteiger partial charge on any atom is 0.221 e. The van der Waals surface area contributed by atoms with Gasteiger partial charge in [-0.2, -0.15) is 0 Å². The molecular formula is C22H29N2O3S+. The lowest BCUT2D eigenvalue weighted by Crippen LogP contribution is -3.14. The first-order chi connectivity index (χ1) is 13.7. The molecule has 2 heterocycles. The number of hydrogen-bond donors (Lipinski definition) is 2. The molecule has 150 valence electrons. The predicted octanol–water partition coefficient (Wildman–Crippen LogP) is 2.60. The van der Waals surface area contributed by atoms with Crippen LogP contribution in [-0.2, 0) is 22.4 Å². The summed E-state index contributed by atoms with van der Waals surface area (Å²) in [6.45, 7) is 5.08. The van der Waals surface area contributed by atoms with Crippen LogP contribution in [0.15, 0.2) is 24.3 Å². The summed E-state index contributed by atoms with van der Waals surface area (Å²) in [5, 5.41) is 4.19. The Kier molecular flexibility index (Phi) is 5.99. The lowest BCUT2D eigenvalue weighted by Gasteiger charge is -2.33. The first-order valence-electron chi connectivity index (χ1n) is 10.2. The van der Waals surface area contributed by atoms with Gasteiger partial charge in [-0.25, -0.2) is 0 Å². The van der Waals surface area contributed by atoms with E-state index < -0.39 is 0 Å². The van der Waals surface area contributed by atoms with Crippen LogP contribution in [0.1, 0.15) is 47.4 Å². The van der Waals surface area contributed by atoms with Gasteiger partial charge in [-0.15, -0.1) is 11.3 Å². The summed E-state index contributed by atoms with van der Waals surface area (Å²) in [5.41, 5.74) is 4.03. The summed E-state index contributed by atoms with van der Waals surface area (Å²) in [5.74, 6) is 0.876. The molecule has 1 saturated heterocycles. The van der Waals surface area contributed by atoms with E-state index in [1.54, 1.807) is 25.4 Å². The predicted molar refractivity (Wildman–Crippen MR) is 112 cm³/mol. The van der Waals surface area contributed by atoms with E-state index in [4.69, 9.17) is 9.47 Å². The van der Waals surface area contributed by atoms with E-state index >= 15 is 0 Å². The van der Waals surface area contributed by atoms with Crippen LogP contribution >= 0.6 is 11.3 Å². The van der Waals surface area contributed by atoms with Crippen LogP contribution in [0.25, 0.3) is 0 Å². The van der Waals surface area contributed by atoms with Crippen molar-refractivity contribution in [1.82, 2.24) is 0 Å². The van der Waals surface area contributed by atoms with E-state index in [2.05, 4.69) is 23.5 Å². The van der Waals surface area contributed by atoms with Crippen molar-refractivity contribution in [3.63, 3.8) is 0 Å². The minimum absolute atomic E-state index is 0.00113. The van der Waals surface area contributed by atoms with Crippen molar-refractivity contribution < 1.29 is 19.2 Å². The van der Waals surface area contributed by atoms with E-state index in [1.807, 2.05) is 6.07 Å². The largest absolute Gasteiger partial charge is 0.497 e. The second-order valence-corrected chi connectivity index (χ2v) is 8.72. The van der Waals surface area contributed by atoms with Gasteiger partial charge in [0, 0.05) is 17.4 Å². The van der Waals surface area contributed by atoms with Gasteiger partial charge in [-0.05, 0) is 43.4 Å². The van der Waals surface area contributed by atoms with Crippen molar-refractivity contribution in [3.8, 4) is 5.75 Å². The highest BCUT2D eigenvalue weighted by Gasteiger charge is 2.35. The summed E-state index contributed by atoms with van der Waals surface area (Å²) in [7, 11) is 1.71. The molecule has 2 aromatic rings. The Morgan fingerprint density at radius 1 is 1.25 bits per heavy atom. The van der Waals surface area contributed by atoms with Crippen LogP contribution < -0.4 is 15.0 Å². The molecule has 1 aromatic carbocycles. The summed E-state index contributed by atoms with van der Waals surface area (Å²) in [6, 6.07) is 8.58. The van der Waals surface area contributed by atoms with Crippen molar-refractivity contribution in [3.05, 3.63) is 45.8 Å². The molecule has 6 heteroatoms. The van der Waals surface area contributed by atoms with E-state index in [9.17, 15) is 4.79 Å². The number of fused-ring (bicyclic) bond motifs is 1. The van der Waals surface area contributed by atoms with Gasteiger partial charge in [0.25, 0.3) is 0 Å². The van der Waals surface area contributed by atoms with E-state index in [0.29, 0.717) is 0 Å². The molecule has 2 aliphatic rings. The van der Waals surface area contributed by atoms with Gasteiger partial charge in [-0.3, -0.25) is 4.79 Å². The first kappa shape index (κ1) is 19.4. The molecule has 1 aliphatic carbocycles. The van der Waals surface area contributed by atoms with Gasteiger partial charge in [0.2, 0.25) is 5.91 Å². The number of carbonyl (C=O) groups excluding carboxylic acids is 1. The van der Waals surface area contributed by atoms with Crippen LogP contribution in [0.2, 0.25) is 0 Å². The maximum absolute atomic E-state index is 12.0. The molecule has 0 radical (unpaired) electrons. The molecule has 28 heavy (non-hydrogen) atoms. The van der Waals surface area contributed by atoms with E-state index in [-0.39, 0.29) is 11.9 Å². The second kappa shape index (κ2) is 8.64. The van der Waals surface area contributed by atoms with Crippen molar-refractivity contribution >= 4 is 22.2 Å². The second-order valence-electron chi connectivity index (χ2n) is 7.62. The van der Waals surface area contributed by atoms with E-state index in [1.165, 1.54) is 39.3 Å². The number of ether oxygens (including phenoxy) is 2. The molecule has 0 bridgehead atoms. The van der Waals surface area contributed by atoms with E-state index in [0.717, 1.165) is 49.9 Å². The van der Waals surface area contributed by atoms with Crippen LogP contribution in [0.3, 0.4) is 0 Å². The highest BCUT2D eigenvalue weighted by Crippen LogP contribution is 2.42. The Labute approximate surface area is 170 Å². The van der Waals surface area contributed by atoms with Crippen LogP contribution in [0.4, 0.5) is 5.00 Å². The number of rotatable bonds is 5. The number of benzene rings is 1. The Balaban J connectivity index is 1.85. The Bertz CT molecular complexity index is 842. The molecule has 0 spiro atoms. The molecule has 1 fully saturated rings. The number of nitrogens with one attached hydrogen (secondary N) is 2. The average molecular weight is 402 g/mol. The fraction of sp³-hybridized carbons (Fsp3) is 0.500. The number of carbonyl (C=O) groups is 1. The minimum Gasteiger partial charge on any atom is -0.497 e. The molecule has 1 aromatic heterocycles. The number of thiophene rings is 1. The molecule has 0 saturated carbocycles. The average Bonchev–Trinajstić information content (AvgIpc) is 3.06. The Morgan fingerprint density at radius 2 is 2.04 bits per heavy atom. The highest BCUT2D eigenvalue weighted by molar-refractivity contribution is 7.16. The number of anilines is 1. The summed E-state index contributed by atoms with van der Waals surface area (Å²) >= 11 is 1.78. The standard InChI is InChI=1S/C22H28N2O3S/c1-15(25)23-22-20(18-8-3-4-9-19(18)28-22)21(24-10-12-27-13-11-24)16-6-5-7-17(14-16)26-2/h5-7,14,21H,3-4,8-13H2,1-2H3,(H,23,25)/p+1/t21-/m0/s1. The van der Waals surface area contributed by atoms with Gasteiger partial charge in [0.05, 0.1) is 25.9 Å². The summed E-state index contributed by atoms with van der Waals surface area (Å²) < 4.78 is 11.2. The zero-order valence-electron chi connectivity index (χ0n) is 16.7. The zero-order chi connectivity index (χ0) is 19.5. The fourth-order valence-corrected chi connectivity index (χ4v) is 5.87. The number of hydrogen-bond acceptors (Lipinski definition) is 4. The number of amides is 1. The summed E-state index contributed by atoms with van der Waals surface area (Å²) in [6.07, 6.45) is 4.68. The van der Waals surface area contributed by atoms with Crippen molar-refractivity contribution in [1.29, 1.82) is 0 Å². The van der Waals surface area contributed by atoms with Crippen molar-refractivity contribution in [2.75, 3.05) is 38.7 Å². The molecule has 4 rings (SSSR count).